The number of amides is 4. The third-order valence-corrected chi connectivity index (χ3v) is 15.7. The van der Waals surface area contributed by atoms with E-state index in [1.54, 1.807) is 91.7 Å². The Bertz CT molecular complexity index is 3490. The zero-order valence-electron chi connectivity index (χ0n) is 42.9. The number of hydrogen-bond donors (Lipinski definition) is 2. The summed E-state index contributed by atoms with van der Waals surface area (Å²) in [4.78, 5) is 56.7. The Hall–Kier alpha value is -7.55. The van der Waals surface area contributed by atoms with E-state index in [0.717, 1.165) is 70.0 Å². The molecule has 6 aromatic carbocycles. The van der Waals surface area contributed by atoms with Crippen molar-refractivity contribution >= 4 is 79.4 Å². The van der Waals surface area contributed by atoms with Gasteiger partial charge in [-0.3, -0.25) is 19.2 Å². The number of rotatable bonds is 13. The fourth-order valence-electron chi connectivity index (χ4n) is 10.7. The molecule has 4 heterocycles. The second-order valence-electron chi connectivity index (χ2n) is 20.6. The van der Waals surface area contributed by atoms with Crippen molar-refractivity contribution in [2.75, 3.05) is 14.2 Å². The number of nitrogens with zero attached hydrogens (tertiary/aromatic N) is 6. The van der Waals surface area contributed by atoms with Gasteiger partial charge in [-0.15, -0.1) is 0 Å². The van der Waals surface area contributed by atoms with E-state index in [4.69, 9.17) is 0 Å². The van der Waals surface area contributed by atoms with Crippen molar-refractivity contribution in [2.45, 2.75) is 83.0 Å². The van der Waals surface area contributed by atoms with E-state index >= 15 is 0 Å². The van der Waals surface area contributed by atoms with Gasteiger partial charge < -0.3 is 20.4 Å². The Morgan fingerprint density at radius 2 is 1.04 bits per heavy atom. The lowest BCUT2D eigenvalue weighted by Gasteiger charge is -2.32. The average molecular weight is 1190 g/mol. The van der Waals surface area contributed by atoms with Crippen molar-refractivity contribution in [1.82, 2.24) is 30.2 Å². The smallest absolute Gasteiger partial charge is 0.247 e. The highest BCUT2D eigenvalue weighted by atomic mass is 127. The normalized spacial score (nSPS) is 21.8. The molecule has 2 aliphatic heterocycles. The topological polar surface area (TPSA) is 134 Å². The highest BCUT2D eigenvalue weighted by Gasteiger charge is 2.59. The first-order chi connectivity index (χ1) is 38.0. The number of carbonyl (C=O) groups is 4. The third-order valence-electron chi connectivity index (χ3n) is 15.1. The fourth-order valence-corrected chi connectivity index (χ4v) is 10.7. The maximum absolute atomic E-state index is 14.1. The summed E-state index contributed by atoms with van der Waals surface area (Å²) in [7, 11) is 0. The number of hydrogen-bond acceptors (Lipinski definition) is 6. The first-order valence-corrected chi connectivity index (χ1v) is 27.5. The minimum absolute atomic E-state index is 0.0229. The van der Waals surface area contributed by atoms with E-state index in [2.05, 4.69) is 20.8 Å². The fraction of sp³-hybridized carbons (Fsp3) is 0.300. The number of halogens is 7. The van der Waals surface area contributed by atoms with Crippen LogP contribution < -0.4 is 20.4 Å². The number of nitrogens with one attached hydrogen (secondary N) is 2. The number of carbonyl (C=O) groups excluding carboxylic acids is 4. The Kier molecular flexibility index (Phi) is 16.0. The van der Waals surface area contributed by atoms with Crippen molar-refractivity contribution in [3.8, 4) is 11.4 Å². The van der Waals surface area contributed by atoms with E-state index < -0.39 is 42.7 Å². The second-order valence-corrected chi connectivity index (χ2v) is 21.4. The molecule has 4 amide bonds. The van der Waals surface area contributed by atoms with Crippen LogP contribution in [0.2, 0.25) is 0 Å². The molecule has 0 radical (unpaired) electrons. The summed E-state index contributed by atoms with van der Waals surface area (Å²) in [5, 5.41) is 16.7. The predicted molar refractivity (Wildman–Crippen MR) is 297 cm³/mol. The molecule has 6 atom stereocenters. The van der Waals surface area contributed by atoms with Crippen LogP contribution in [0.3, 0.4) is 0 Å². The van der Waals surface area contributed by atoms with Crippen molar-refractivity contribution in [2.24, 2.45) is 23.2 Å². The minimum atomic E-state index is -2.73. The Labute approximate surface area is 465 Å². The van der Waals surface area contributed by atoms with Gasteiger partial charge in [0.2, 0.25) is 36.5 Å². The van der Waals surface area contributed by atoms with Crippen LogP contribution in [-0.4, -0.2) is 72.6 Å². The molecule has 12 nitrogen and oxygen atoms in total. The molecule has 79 heavy (non-hydrogen) atoms. The maximum Gasteiger partial charge on any atom is 0.247 e. The van der Waals surface area contributed by atoms with Gasteiger partial charge in [0.1, 0.15) is 11.6 Å². The minimum Gasteiger partial charge on any atom is -0.350 e. The molecular weight excluding hydrogens is 1140 g/mol. The van der Waals surface area contributed by atoms with Crippen LogP contribution in [0.15, 0.2) is 158 Å². The van der Waals surface area contributed by atoms with Gasteiger partial charge >= 0.3 is 0 Å². The van der Waals surface area contributed by atoms with Crippen LogP contribution in [0.4, 0.5) is 37.7 Å². The zero-order valence-corrected chi connectivity index (χ0v) is 45.1. The van der Waals surface area contributed by atoms with Gasteiger partial charge in [0.05, 0.1) is 74.7 Å². The quantitative estimate of drug-likeness (QED) is 0.0671. The van der Waals surface area contributed by atoms with Gasteiger partial charge in [-0.05, 0) is 129 Å². The third kappa shape index (κ3) is 11.5. The monoisotopic (exact) mass is 1190 g/mol. The number of aromatic nitrogens is 4. The lowest BCUT2D eigenvalue weighted by atomic mass is 9.77. The highest BCUT2D eigenvalue weighted by molar-refractivity contribution is 14.1. The SMILES string of the molecule is C[C@@H]1C(=O)N(c2ccc3c(cnn3-c3ccc(F)cc3)c2)[C@H](c2ccccc2)[C@H]1NC(=O)C1CC1.C[C@@]1(CC(F)F)C(=O)N(c2ccc3c(cnn3-c3ccc(F)cc3)c2)[C@H](c2ccccc2)[C@H]1NC(=O)C1CC1.FC(F)CI. The predicted octanol–water partition coefficient (Wildman–Crippen LogP) is 12.3. The summed E-state index contributed by atoms with van der Waals surface area (Å²) >= 11 is 1.63. The molecule has 0 spiro atoms. The van der Waals surface area contributed by atoms with Crippen molar-refractivity contribution in [3.05, 3.63) is 181 Å². The lowest BCUT2D eigenvalue weighted by molar-refractivity contribution is -0.129. The Morgan fingerprint density at radius 1 is 0.608 bits per heavy atom. The van der Waals surface area contributed by atoms with Crippen LogP contribution in [0.1, 0.15) is 69.2 Å². The van der Waals surface area contributed by atoms with E-state index in [-0.39, 0.29) is 63.6 Å². The van der Waals surface area contributed by atoms with Crippen molar-refractivity contribution in [3.63, 3.8) is 0 Å². The molecule has 408 valence electrons. The van der Waals surface area contributed by atoms with E-state index in [0.29, 0.717) is 11.4 Å². The first-order valence-electron chi connectivity index (χ1n) is 26.0. The molecule has 8 aromatic rings. The van der Waals surface area contributed by atoms with Gasteiger partial charge in [0.15, 0.2) is 0 Å². The van der Waals surface area contributed by atoms with Crippen LogP contribution in [0.5, 0.6) is 0 Å². The Morgan fingerprint density at radius 3 is 1.48 bits per heavy atom. The molecule has 2 saturated heterocycles. The van der Waals surface area contributed by atoms with Gasteiger partial charge in [0.25, 0.3) is 0 Å². The molecule has 2 N–H and O–H groups in total. The molecule has 0 bridgehead atoms. The van der Waals surface area contributed by atoms with Crippen molar-refractivity contribution < 1.29 is 45.5 Å². The molecule has 12 rings (SSSR count). The largest absolute Gasteiger partial charge is 0.350 e. The summed E-state index contributed by atoms with van der Waals surface area (Å²) in [6, 6.07) is 40.1. The molecular formula is C60H55F6IN8O4. The van der Waals surface area contributed by atoms with Gasteiger partial charge in [-0.1, -0.05) is 90.2 Å². The molecule has 4 fully saturated rings. The molecule has 2 aromatic heterocycles. The average Bonchev–Trinajstić information content (AvgIpc) is 4.37. The maximum atomic E-state index is 14.1. The van der Waals surface area contributed by atoms with E-state index in [1.165, 1.54) is 31.2 Å². The number of fused-ring (bicyclic) bond motifs is 2. The van der Waals surface area contributed by atoms with Gasteiger partial charge in [-0.2, -0.15) is 10.2 Å². The second kappa shape index (κ2) is 23.0. The van der Waals surface area contributed by atoms with Gasteiger partial charge in [-0.25, -0.2) is 35.7 Å². The summed E-state index contributed by atoms with van der Waals surface area (Å²) in [5.74, 6) is -1.75. The zero-order chi connectivity index (χ0) is 55.7. The number of benzene rings is 6. The molecule has 19 heteroatoms. The van der Waals surface area contributed by atoms with Gasteiger partial charge in [0, 0.05) is 40.4 Å². The standard InChI is InChI=1S/C30H27F3N4O2.C28H25FN4O2.C2H3F2I/c1-30(16-25(32)33)27(35-28(38)19-7-8-19)26(18-5-3-2-4-6-18)36(29(30)39)23-13-14-24-20(15-23)17-34-37(24)22-11-9-21(31)10-12-22;1-17-25(31-27(34)19-7-8-19)26(18-5-3-2-4-6-18)32(28(17)35)23-13-14-24-20(15-23)16-30-33(24)22-11-9-21(29)10-12-22;3-2(4)1-5/h2-6,9-15,17,19,25-27H,7-8,16H2,1H3,(H,35,38);2-6,9-17,19,25-26H,7-8H2,1H3,(H,31,34);2H,1H2/t26-,27-,30+;17-,25-,26+;/m10./s1. The molecule has 0 unspecified atom stereocenters. The van der Waals surface area contributed by atoms with E-state index in [9.17, 15) is 45.5 Å². The molecule has 4 aliphatic rings. The van der Waals surface area contributed by atoms with Crippen molar-refractivity contribution in [1.29, 1.82) is 0 Å². The summed E-state index contributed by atoms with van der Waals surface area (Å²) in [6.45, 7) is 3.42. The van der Waals surface area contributed by atoms with Crippen LogP contribution in [-0.2, 0) is 19.2 Å². The summed E-state index contributed by atoms with van der Waals surface area (Å²) in [5.41, 5.74) is 4.49. The van der Waals surface area contributed by atoms with Crippen LogP contribution in [0, 0.1) is 34.8 Å². The summed E-state index contributed by atoms with van der Waals surface area (Å²) in [6.07, 6.45) is 1.19. The number of anilines is 2. The Balaban J connectivity index is 0.000000165. The number of alkyl halides is 5. The highest BCUT2D eigenvalue weighted by Crippen LogP contribution is 2.50. The molecule has 2 aliphatic carbocycles. The van der Waals surface area contributed by atoms with E-state index in [1.807, 2.05) is 90.7 Å². The van der Waals surface area contributed by atoms with Crippen LogP contribution in [0.25, 0.3) is 33.2 Å². The first kappa shape index (κ1) is 54.8. The summed E-state index contributed by atoms with van der Waals surface area (Å²) < 4.78 is 79.5. The molecule has 2 saturated carbocycles. The lowest BCUT2D eigenvalue weighted by Crippen LogP contribution is -2.49. The van der Waals surface area contributed by atoms with Crippen LogP contribution >= 0.6 is 22.6 Å².